The summed E-state index contributed by atoms with van der Waals surface area (Å²) in [4.78, 5) is 14.2. The number of amides is 1. The van der Waals surface area contributed by atoms with Crippen LogP contribution in [0.1, 0.15) is 11.1 Å². The number of rotatable bonds is 4. The first-order chi connectivity index (χ1) is 12.0. The number of fused-ring (bicyclic) bond motifs is 1. The number of likely N-dealkylation sites (N-methyl/N-ethyl adjacent to an activating group) is 1. The summed E-state index contributed by atoms with van der Waals surface area (Å²) < 4.78 is 16.0. The average Bonchev–Trinajstić information content (AvgIpc) is 2.85. The molecule has 0 saturated carbocycles. The molecule has 6 nitrogen and oxygen atoms in total. The van der Waals surface area contributed by atoms with E-state index < -0.39 is 0 Å². The second kappa shape index (κ2) is 6.39. The molecule has 1 aliphatic rings. The third kappa shape index (κ3) is 2.76. The van der Waals surface area contributed by atoms with E-state index in [1.165, 1.54) is 21.3 Å². The van der Waals surface area contributed by atoms with Crippen molar-refractivity contribution >= 4 is 23.2 Å². The van der Waals surface area contributed by atoms with Crippen LogP contribution >= 0.6 is 0 Å². The van der Waals surface area contributed by atoms with Crippen LogP contribution in [-0.4, -0.2) is 39.4 Å². The maximum Gasteiger partial charge on any atom is 0.258 e. The van der Waals surface area contributed by atoms with E-state index >= 15 is 0 Å². The Bertz CT molecular complexity index is 847. The van der Waals surface area contributed by atoms with Gasteiger partial charge >= 0.3 is 0 Å². The molecule has 3 rings (SSSR count). The van der Waals surface area contributed by atoms with Gasteiger partial charge in [-0.05, 0) is 42.0 Å². The van der Waals surface area contributed by atoms with Crippen LogP contribution in [0.2, 0.25) is 0 Å². The van der Waals surface area contributed by atoms with Gasteiger partial charge in [0.1, 0.15) is 5.75 Å². The number of benzene rings is 2. The minimum Gasteiger partial charge on any atom is -0.508 e. The summed E-state index contributed by atoms with van der Waals surface area (Å²) in [6, 6.07) is 8.40. The maximum absolute atomic E-state index is 12.6. The lowest BCUT2D eigenvalue weighted by molar-refractivity contribution is -0.112. The zero-order valence-electron chi connectivity index (χ0n) is 14.5. The Balaban J connectivity index is 2.16. The first kappa shape index (κ1) is 16.7. The number of hydrogen-bond donors (Lipinski definition) is 1. The largest absolute Gasteiger partial charge is 0.508 e. The molecule has 0 atom stereocenters. The quantitative estimate of drug-likeness (QED) is 0.866. The number of hydrogen-bond acceptors (Lipinski definition) is 5. The molecule has 1 heterocycles. The van der Waals surface area contributed by atoms with Crippen molar-refractivity contribution in [2.75, 3.05) is 33.3 Å². The van der Waals surface area contributed by atoms with Gasteiger partial charge in [0, 0.05) is 18.2 Å². The number of aromatic hydroxyl groups is 1. The van der Waals surface area contributed by atoms with Crippen LogP contribution in [0.3, 0.4) is 0 Å². The number of ether oxygens (including phenoxy) is 3. The molecule has 1 amide bonds. The van der Waals surface area contributed by atoms with Crippen molar-refractivity contribution in [2.24, 2.45) is 0 Å². The monoisotopic (exact) mass is 341 g/mol. The molecule has 0 radical (unpaired) electrons. The molecule has 1 N–H and O–H groups in total. The van der Waals surface area contributed by atoms with E-state index in [9.17, 15) is 9.90 Å². The van der Waals surface area contributed by atoms with Crippen molar-refractivity contribution in [1.82, 2.24) is 0 Å². The van der Waals surface area contributed by atoms with Gasteiger partial charge in [0.2, 0.25) is 5.75 Å². The first-order valence-electron chi connectivity index (χ1n) is 7.63. The fourth-order valence-corrected chi connectivity index (χ4v) is 2.93. The zero-order chi connectivity index (χ0) is 18.1. The summed E-state index contributed by atoms with van der Waals surface area (Å²) in [5, 5.41) is 9.77. The van der Waals surface area contributed by atoms with Crippen LogP contribution < -0.4 is 19.1 Å². The smallest absolute Gasteiger partial charge is 0.258 e. The normalized spacial score (nSPS) is 14.6. The van der Waals surface area contributed by atoms with Crippen molar-refractivity contribution in [1.29, 1.82) is 0 Å². The third-order valence-corrected chi connectivity index (χ3v) is 4.16. The first-order valence-corrected chi connectivity index (χ1v) is 7.63. The highest BCUT2D eigenvalue weighted by atomic mass is 16.5. The van der Waals surface area contributed by atoms with Gasteiger partial charge in [-0.3, -0.25) is 4.79 Å². The van der Waals surface area contributed by atoms with Gasteiger partial charge in [-0.15, -0.1) is 0 Å². The zero-order valence-corrected chi connectivity index (χ0v) is 14.5. The Morgan fingerprint density at radius 1 is 1.00 bits per heavy atom. The Morgan fingerprint density at radius 3 is 2.20 bits per heavy atom. The highest BCUT2D eigenvalue weighted by Gasteiger charge is 2.30. The van der Waals surface area contributed by atoms with Gasteiger partial charge in [-0.25, -0.2) is 0 Å². The van der Waals surface area contributed by atoms with Crippen molar-refractivity contribution in [3.05, 3.63) is 41.5 Å². The molecule has 130 valence electrons. The molecule has 1 aliphatic heterocycles. The SMILES string of the molecule is COc1cc(/C=C2/C(=O)N(C)c3ccc(O)cc32)cc(OC)c1OC. The molecule has 0 fully saturated rings. The summed E-state index contributed by atoms with van der Waals surface area (Å²) in [6.45, 7) is 0. The van der Waals surface area contributed by atoms with E-state index in [0.717, 1.165) is 11.3 Å². The molecule has 0 saturated heterocycles. The predicted molar refractivity (Wildman–Crippen MR) is 95.5 cm³/mol. The number of phenolic OH excluding ortho intramolecular Hbond substituents is 1. The highest BCUT2D eigenvalue weighted by Crippen LogP contribution is 2.42. The van der Waals surface area contributed by atoms with Crippen molar-refractivity contribution in [2.45, 2.75) is 0 Å². The number of carbonyl (C=O) groups is 1. The molecule has 6 heteroatoms. The average molecular weight is 341 g/mol. The molecule has 25 heavy (non-hydrogen) atoms. The molecule has 0 spiro atoms. The number of phenols is 1. The molecule has 0 bridgehead atoms. The van der Waals surface area contributed by atoms with Gasteiger partial charge in [0.15, 0.2) is 11.5 Å². The van der Waals surface area contributed by atoms with E-state index in [0.29, 0.717) is 28.4 Å². The van der Waals surface area contributed by atoms with Crippen molar-refractivity contribution < 1.29 is 24.1 Å². The van der Waals surface area contributed by atoms with E-state index in [1.54, 1.807) is 48.4 Å². The number of carbonyl (C=O) groups excluding carboxylic acids is 1. The molecular weight excluding hydrogens is 322 g/mol. The molecule has 0 aromatic heterocycles. The Kier molecular flexibility index (Phi) is 4.27. The Morgan fingerprint density at radius 2 is 1.64 bits per heavy atom. The van der Waals surface area contributed by atoms with Gasteiger partial charge in [-0.1, -0.05) is 0 Å². The molecule has 2 aromatic carbocycles. The molecular formula is C19H19NO5. The van der Waals surface area contributed by atoms with Crippen LogP contribution in [0.25, 0.3) is 11.6 Å². The van der Waals surface area contributed by atoms with E-state index in [2.05, 4.69) is 0 Å². The van der Waals surface area contributed by atoms with Crippen LogP contribution in [0.15, 0.2) is 30.3 Å². The van der Waals surface area contributed by atoms with Gasteiger partial charge in [-0.2, -0.15) is 0 Å². The minimum absolute atomic E-state index is 0.109. The second-order valence-electron chi connectivity index (χ2n) is 5.58. The van der Waals surface area contributed by atoms with E-state index in [-0.39, 0.29) is 11.7 Å². The lowest BCUT2D eigenvalue weighted by Crippen LogP contribution is -2.20. The van der Waals surface area contributed by atoms with Crippen LogP contribution in [0.4, 0.5) is 5.69 Å². The topological polar surface area (TPSA) is 68.2 Å². The lowest BCUT2D eigenvalue weighted by atomic mass is 10.0. The summed E-state index contributed by atoms with van der Waals surface area (Å²) in [7, 11) is 6.31. The van der Waals surface area contributed by atoms with Crippen molar-refractivity contribution in [3.8, 4) is 23.0 Å². The van der Waals surface area contributed by atoms with Crippen LogP contribution in [0.5, 0.6) is 23.0 Å². The second-order valence-corrected chi connectivity index (χ2v) is 5.58. The van der Waals surface area contributed by atoms with Crippen molar-refractivity contribution in [3.63, 3.8) is 0 Å². The van der Waals surface area contributed by atoms with E-state index in [4.69, 9.17) is 14.2 Å². The number of nitrogens with zero attached hydrogens (tertiary/aromatic N) is 1. The Labute approximate surface area is 145 Å². The molecule has 0 unspecified atom stereocenters. The molecule has 2 aromatic rings. The van der Waals surface area contributed by atoms with Gasteiger partial charge in [0.25, 0.3) is 5.91 Å². The summed E-state index contributed by atoms with van der Waals surface area (Å²) in [5.74, 6) is 1.46. The fourth-order valence-electron chi connectivity index (χ4n) is 2.93. The molecule has 0 aliphatic carbocycles. The van der Waals surface area contributed by atoms with Crippen LogP contribution in [0, 0.1) is 0 Å². The standard InChI is InChI=1S/C19H19NO5/c1-20-15-6-5-12(21)10-13(15)14(19(20)22)7-11-8-16(23-2)18(25-4)17(9-11)24-3/h5-10,21H,1-4H3/b14-7+. The summed E-state index contributed by atoms with van der Waals surface area (Å²) in [5.41, 5.74) is 2.65. The lowest BCUT2D eigenvalue weighted by Gasteiger charge is -2.13. The fraction of sp³-hybridized carbons (Fsp3) is 0.211. The van der Waals surface area contributed by atoms with Gasteiger partial charge in [0.05, 0.1) is 27.0 Å². The minimum atomic E-state index is -0.144. The number of anilines is 1. The number of methoxy groups -OCH3 is 3. The predicted octanol–water partition coefficient (Wildman–Crippen LogP) is 2.94. The van der Waals surface area contributed by atoms with E-state index in [1.807, 2.05) is 0 Å². The third-order valence-electron chi connectivity index (χ3n) is 4.16. The van der Waals surface area contributed by atoms with Crippen LogP contribution in [-0.2, 0) is 4.79 Å². The summed E-state index contributed by atoms with van der Waals surface area (Å²) in [6.07, 6.45) is 1.74. The maximum atomic E-state index is 12.6. The Hall–Kier alpha value is -3.15. The van der Waals surface area contributed by atoms with Gasteiger partial charge < -0.3 is 24.2 Å². The summed E-state index contributed by atoms with van der Waals surface area (Å²) >= 11 is 0. The highest BCUT2D eigenvalue weighted by molar-refractivity contribution is 6.35.